The molecule has 0 N–H and O–H groups in total. The summed E-state index contributed by atoms with van der Waals surface area (Å²) in [7, 11) is -3.48. The smallest absolute Gasteiger partial charge is 0.171 e. The minimum Gasteiger partial charge on any atom is -0.228 e. The predicted octanol–water partition coefficient (Wildman–Crippen LogP) is 3.08. The Labute approximate surface area is 148 Å². The van der Waals surface area contributed by atoms with Gasteiger partial charge in [0.2, 0.25) is 0 Å². The zero-order valence-electron chi connectivity index (χ0n) is 12.3. The second kappa shape index (κ2) is 6.88. The molecule has 1 heterocycles. The lowest BCUT2D eigenvalue weighted by atomic mass is 10.2. The van der Waals surface area contributed by atoms with Crippen molar-refractivity contribution in [3.63, 3.8) is 0 Å². The topological polar surface area (TPSA) is 77.7 Å². The van der Waals surface area contributed by atoms with Crippen LogP contribution in [0.15, 0.2) is 48.5 Å². The molecule has 0 radical (unpaired) electrons. The fraction of sp³-hybridized carbons (Fsp3) is 0.133. The molecule has 0 aliphatic rings. The molecule has 0 unspecified atom stereocenters. The van der Waals surface area contributed by atoms with E-state index in [1.54, 1.807) is 30.3 Å². The Morgan fingerprint density at radius 3 is 2.42 bits per heavy atom. The van der Waals surface area contributed by atoms with Crippen LogP contribution in [0.5, 0.6) is 0 Å². The molecule has 0 atom stereocenters. The number of aromatic nitrogens is 4. The van der Waals surface area contributed by atoms with Gasteiger partial charge >= 0.3 is 0 Å². The van der Waals surface area contributed by atoms with Gasteiger partial charge in [-0.05, 0) is 40.3 Å². The highest BCUT2D eigenvalue weighted by Gasteiger charge is 2.19. The van der Waals surface area contributed by atoms with Gasteiger partial charge in [-0.3, -0.25) is 0 Å². The monoisotopic (exact) mass is 382 g/mol. The van der Waals surface area contributed by atoms with E-state index in [2.05, 4.69) is 15.5 Å². The van der Waals surface area contributed by atoms with Gasteiger partial charge in [0.1, 0.15) is 5.75 Å². The normalized spacial score (nSPS) is 11.6. The van der Waals surface area contributed by atoms with Crippen LogP contribution in [0, 0.1) is 0 Å². The zero-order chi connectivity index (χ0) is 17.2. The van der Waals surface area contributed by atoms with Crippen molar-refractivity contribution < 1.29 is 8.42 Å². The molecule has 0 fully saturated rings. The summed E-state index contributed by atoms with van der Waals surface area (Å²) in [4.78, 5) is 0. The van der Waals surface area contributed by atoms with Crippen LogP contribution in [0.4, 0.5) is 0 Å². The first kappa shape index (κ1) is 16.9. The molecule has 24 heavy (non-hydrogen) atoms. The molecule has 6 nitrogen and oxygen atoms in total. The third kappa shape index (κ3) is 3.92. The zero-order valence-corrected chi connectivity index (χ0v) is 14.6. The summed E-state index contributed by atoms with van der Waals surface area (Å²) in [5, 5.41) is 12.0. The summed E-state index contributed by atoms with van der Waals surface area (Å²) in [5.41, 5.74) is 1.25. The van der Waals surface area contributed by atoms with Crippen molar-refractivity contribution in [2.45, 2.75) is 11.5 Å². The van der Waals surface area contributed by atoms with E-state index in [1.807, 2.05) is 18.2 Å². The Morgan fingerprint density at radius 2 is 1.71 bits per heavy atom. The number of tetrazole rings is 1. The summed E-state index contributed by atoms with van der Waals surface area (Å²) in [6.07, 6.45) is 0. The highest BCUT2D eigenvalue weighted by atomic mass is 35.5. The molecule has 0 amide bonds. The summed E-state index contributed by atoms with van der Waals surface area (Å²) in [5.74, 6) is -0.206. The van der Waals surface area contributed by atoms with E-state index in [0.717, 1.165) is 0 Å². The molecule has 9 heteroatoms. The number of nitrogens with zero attached hydrogens (tertiary/aromatic N) is 4. The van der Waals surface area contributed by atoms with Crippen molar-refractivity contribution >= 4 is 33.0 Å². The van der Waals surface area contributed by atoms with Crippen LogP contribution >= 0.6 is 23.2 Å². The standard InChI is InChI=1S/C15H12Cl2N4O2S/c16-13-7-6-11(8-14(13)17)9-24(22,23)10-15-18-19-20-21(15)12-4-2-1-3-5-12/h1-8H,9-10H2. The second-order valence-corrected chi connectivity index (χ2v) is 8.00. The number of para-hydroxylation sites is 1. The van der Waals surface area contributed by atoms with Crippen LogP contribution in [0.1, 0.15) is 11.4 Å². The number of halogens is 2. The maximum atomic E-state index is 12.5. The molecule has 2 aromatic carbocycles. The number of hydrogen-bond donors (Lipinski definition) is 0. The highest BCUT2D eigenvalue weighted by molar-refractivity contribution is 7.89. The van der Waals surface area contributed by atoms with Crippen molar-refractivity contribution in [2.75, 3.05) is 0 Å². The molecule has 0 aliphatic carbocycles. The van der Waals surface area contributed by atoms with Crippen molar-refractivity contribution in [2.24, 2.45) is 0 Å². The SMILES string of the molecule is O=S(=O)(Cc1ccc(Cl)c(Cl)c1)Cc1nnnn1-c1ccccc1. The van der Waals surface area contributed by atoms with Gasteiger partial charge in [0.15, 0.2) is 15.7 Å². The molecule has 0 bridgehead atoms. The maximum absolute atomic E-state index is 12.5. The molecular formula is C15H12Cl2N4O2S. The Bertz CT molecular complexity index is 959. The second-order valence-electron chi connectivity index (χ2n) is 5.12. The maximum Gasteiger partial charge on any atom is 0.171 e. The van der Waals surface area contributed by atoms with E-state index in [4.69, 9.17) is 23.2 Å². The van der Waals surface area contributed by atoms with Crippen molar-refractivity contribution in [1.82, 2.24) is 20.2 Å². The lowest BCUT2D eigenvalue weighted by Gasteiger charge is -2.07. The van der Waals surface area contributed by atoms with Gasteiger partial charge in [-0.25, -0.2) is 8.42 Å². The first-order valence-electron chi connectivity index (χ1n) is 6.92. The molecule has 3 aromatic rings. The Hall–Kier alpha value is -1.96. The minimum absolute atomic E-state index is 0.175. The fourth-order valence-electron chi connectivity index (χ4n) is 2.20. The lowest BCUT2D eigenvalue weighted by Crippen LogP contribution is -2.12. The van der Waals surface area contributed by atoms with Gasteiger partial charge in [0.25, 0.3) is 0 Å². The summed E-state index contributed by atoms with van der Waals surface area (Å²) >= 11 is 11.8. The number of benzene rings is 2. The van der Waals surface area contributed by atoms with E-state index in [0.29, 0.717) is 21.3 Å². The Kier molecular flexibility index (Phi) is 4.84. The molecule has 0 saturated heterocycles. The molecule has 0 spiro atoms. The summed E-state index contributed by atoms with van der Waals surface area (Å²) < 4.78 is 26.3. The van der Waals surface area contributed by atoms with E-state index < -0.39 is 9.84 Å². The van der Waals surface area contributed by atoms with Gasteiger partial charge in [-0.15, -0.1) is 5.10 Å². The van der Waals surface area contributed by atoms with E-state index in [1.165, 1.54) is 4.68 Å². The van der Waals surface area contributed by atoms with Gasteiger partial charge in [0.05, 0.1) is 21.5 Å². The largest absolute Gasteiger partial charge is 0.228 e. The summed E-state index contributed by atoms with van der Waals surface area (Å²) in [6.45, 7) is 0. The van der Waals surface area contributed by atoms with Gasteiger partial charge in [-0.2, -0.15) is 4.68 Å². The molecule has 1 aromatic heterocycles. The van der Waals surface area contributed by atoms with Crippen molar-refractivity contribution in [3.8, 4) is 5.69 Å². The van der Waals surface area contributed by atoms with Crippen molar-refractivity contribution in [1.29, 1.82) is 0 Å². The van der Waals surface area contributed by atoms with Crippen LogP contribution in [-0.4, -0.2) is 28.6 Å². The number of hydrogen-bond acceptors (Lipinski definition) is 5. The van der Waals surface area contributed by atoms with Crippen molar-refractivity contribution in [3.05, 3.63) is 70.0 Å². The van der Waals surface area contributed by atoms with E-state index in [-0.39, 0.29) is 17.3 Å². The van der Waals surface area contributed by atoms with Crippen LogP contribution in [0.25, 0.3) is 5.69 Å². The number of rotatable bonds is 5. The molecule has 124 valence electrons. The average Bonchev–Trinajstić information content (AvgIpc) is 2.99. The number of sulfone groups is 1. The first-order chi connectivity index (χ1) is 11.4. The van der Waals surface area contributed by atoms with Gasteiger partial charge < -0.3 is 0 Å². The molecule has 3 rings (SSSR count). The van der Waals surface area contributed by atoms with Gasteiger partial charge in [0, 0.05) is 0 Å². The highest BCUT2D eigenvalue weighted by Crippen LogP contribution is 2.24. The molecule has 0 aliphatic heterocycles. The fourth-order valence-corrected chi connectivity index (χ4v) is 3.88. The molecule has 0 saturated carbocycles. The predicted molar refractivity (Wildman–Crippen MR) is 91.9 cm³/mol. The Balaban J connectivity index is 1.83. The van der Waals surface area contributed by atoms with E-state index in [9.17, 15) is 8.42 Å². The summed E-state index contributed by atoms with van der Waals surface area (Å²) in [6, 6.07) is 13.8. The first-order valence-corrected chi connectivity index (χ1v) is 9.49. The van der Waals surface area contributed by atoms with Gasteiger partial charge in [-0.1, -0.05) is 47.5 Å². The Morgan fingerprint density at radius 1 is 0.958 bits per heavy atom. The lowest BCUT2D eigenvalue weighted by molar-refractivity contribution is 0.592. The van der Waals surface area contributed by atoms with Crippen LogP contribution in [-0.2, 0) is 21.3 Å². The van der Waals surface area contributed by atoms with Crippen LogP contribution in [0.3, 0.4) is 0 Å². The quantitative estimate of drug-likeness (QED) is 0.677. The third-order valence-corrected chi connectivity index (χ3v) is 5.46. The minimum atomic E-state index is -3.48. The van der Waals surface area contributed by atoms with E-state index >= 15 is 0 Å². The van der Waals surface area contributed by atoms with Crippen LogP contribution < -0.4 is 0 Å². The average molecular weight is 383 g/mol. The third-order valence-electron chi connectivity index (χ3n) is 3.25. The molecular weight excluding hydrogens is 371 g/mol. The van der Waals surface area contributed by atoms with Crippen LogP contribution in [0.2, 0.25) is 10.0 Å².